The van der Waals surface area contributed by atoms with E-state index < -0.39 is 70.2 Å². The van der Waals surface area contributed by atoms with Crippen LogP contribution in [0, 0.1) is 29.5 Å². The lowest BCUT2D eigenvalue weighted by molar-refractivity contribution is -0.181. The number of likely N-dealkylation sites (N-methyl/N-ethyl adjacent to an activating group) is 1. The molecule has 6 unspecified atom stereocenters. The molecule has 0 radical (unpaired) electrons. The standard InChI is InChI=1S/C27H32FN3O7/c1-4-6-31-7-5-12-14(10-31)19(28)13-8-11-9-15-20(30(2)3)23(34)18(26(29)37)25(36)27(15,38)24(35)16(11)22(33)17(13)21(12)32/h11,15-16,18,20,32,38H,4-10H2,1-3H3,(H2,29,37). The minimum atomic E-state index is -2.79. The highest BCUT2D eigenvalue weighted by Gasteiger charge is 2.69. The number of aliphatic hydroxyl groups is 1. The second-order valence-electron chi connectivity index (χ2n) is 11.3. The molecule has 3 aliphatic carbocycles. The number of carbonyl (C=O) groups is 5. The van der Waals surface area contributed by atoms with Gasteiger partial charge < -0.3 is 15.9 Å². The Labute approximate surface area is 218 Å². The zero-order valence-corrected chi connectivity index (χ0v) is 21.6. The smallest absolute Gasteiger partial charge is 0.235 e. The molecule has 0 aromatic heterocycles. The molecular formula is C27H32FN3O7. The molecular weight excluding hydrogens is 497 g/mol. The summed E-state index contributed by atoms with van der Waals surface area (Å²) in [5, 5.41) is 22.7. The van der Waals surface area contributed by atoms with Crippen molar-refractivity contribution >= 4 is 29.0 Å². The molecule has 11 heteroatoms. The van der Waals surface area contributed by atoms with E-state index in [4.69, 9.17) is 5.73 Å². The lowest BCUT2D eigenvalue weighted by Crippen LogP contribution is -2.74. The number of nitrogens with zero attached hydrogens (tertiary/aromatic N) is 2. The SMILES string of the molecule is CCCN1CCc2c(O)c3c(c(F)c2C1)CC1CC2C(N(C)C)C(=O)C(C(N)=O)C(=O)C2(O)C(=O)C1C3=O. The summed E-state index contributed by atoms with van der Waals surface area (Å²) in [5.41, 5.74) is 2.94. The first-order valence-corrected chi connectivity index (χ1v) is 13.0. The molecule has 1 amide bonds. The van der Waals surface area contributed by atoms with Gasteiger partial charge in [-0.1, -0.05) is 6.92 Å². The number of carbonyl (C=O) groups excluding carboxylic acids is 5. The lowest BCUT2D eigenvalue weighted by Gasteiger charge is -2.52. The molecule has 0 saturated heterocycles. The van der Waals surface area contributed by atoms with Gasteiger partial charge in [0.05, 0.1) is 17.5 Å². The summed E-state index contributed by atoms with van der Waals surface area (Å²) >= 11 is 0. The van der Waals surface area contributed by atoms with E-state index in [1.54, 1.807) is 0 Å². The van der Waals surface area contributed by atoms with E-state index in [1.165, 1.54) is 19.0 Å². The minimum absolute atomic E-state index is 0.0222. The molecule has 2 saturated carbocycles. The number of phenolic OH excluding ortho intramolecular Hbond substituents is 1. The Morgan fingerprint density at radius 1 is 1.16 bits per heavy atom. The van der Waals surface area contributed by atoms with Crippen LogP contribution in [0.5, 0.6) is 5.75 Å². The Morgan fingerprint density at radius 3 is 2.45 bits per heavy atom. The molecule has 38 heavy (non-hydrogen) atoms. The lowest BCUT2D eigenvalue weighted by atomic mass is 9.52. The van der Waals surface area contributed by atoms with Crippen LogP contribution in [0.1, 0.15) is 46.8 Å². The summed E-state index contributed by atoms with van der Waals surface area (Å²) in [5.74, 6) is -11.9. The maximum absolute atomic E-state index is 15.9. The van der Waals surface area contributed by atoms with Crippen molar-refractivity contribution in [1.82, 2.24) is 9.80 Å². The number of primary amides is 1. The number of aromatic hydroxyl groups is 1. The molecule has 6 atom stereocenters. The second kappa shape index (κ2) is 9.03. The number of nitrogens with two attached hydrogens (primary N) is 1. The van der Waals surface area contributed by atoms with Crippen molar-refractivity contribution < 1.29 is 38.6 Å². The highest BCUT2D eigenvalue weighted by molar-refractivity contribution is 6.32. The maximum Gasteiger partial charge on any atom is 0.235 e. The Balaban J connectivity index is 1.62. The number of hydrogen-bond donors (Lipinski definition) is 3. The summed E-state index contributed by atoms with van der Waals surface area (Å²) in [6.45, 7) is 3.65. The number of fused-ring (bicyclic) bond motifs is 4. The van der Waals surface area contributed by atoms with Crippen LogP contribution in [0.15, 0.2) is 0 Å². The molecule has 4 N–H and O–H groups in total. The van der Waals surface area contributed by atoms with Crippen LogP contribution in [0.2, 0.25) is 0 Å². The molecule has 10 nitrogen and oxygen atoms in total. The van der Waals surface area contributed by atoms with Gasteiger partial charge in [0, 0.05) is 35.7 Å². The van der Waals surface area contributed by atoms with Gasteiger partial charge in [0.1, 0.15) is 11.6 Å². The summed E-state index contributed by atoms with van der Waals surface area (Å²) in [4.78, 5) is 69.6. The van der Waals surface area contributed by atoms with E-state index in [-0.39, 0.29) is 29.7 Å². The Morgan fingerprint density at radius 2 is 1.84 bits per heavy atom. The third-order valence-electron chi connectivity index (χ3n) is 8.97. The summed E-state index contributed by atoms with van der Waals surface area (Å²) < 4.78 is 15.9. The molecule has 1 aromatic rings. The molecule has 0 bridgehead atoms. The molecule has 1 heterocycles. The minimum Gasteiger partial charge on any atom is -0.507 e. The number of benzene rings is 1. The molecule has 0 spiro atoms. The number of hydrogen-bond acceptors (Lipinski definition) is 9. The van der Waals surface area contributed by atoms with Crippen molar-refractivity contribution in [2.75, 3.05) is 27.2 Å². The van der Waals surface area contributed by atoms with E-state index in [0.29, 0.717) is 30.6 Å². The third-order valence-corrected chi connectivity index (χ3v) is 8.97. The van der Waals surface area contributed by atoms with E-state index in [0.717, 1.165) is 13.0 Å². The number of halogens is 1. The van der Waals surface area contributed by atoms with Crippen LogP contribution >= 0.6 is 0 Å². The van der Waals surface area contributed by atoms with Crippen LogP contribution in [-0.2, 0) is 38.6 Å². The molecule has 2 fully saturated rings. The van der Waals surface area contributed by atoms with Gasteiger partial charge in [-0.3, -0.25) is 33.8 Å². The van der Waals surface area contributed by atoms with E-state index in [1.807, 2.05) is 6.92 Å². The number of ketones is 4. The third kappa shape index (κ3) is 3.44. The Hall–Kier alpha value is -3.02. The van der Waals surface area contributed by atoms with Crippen molar-refractivity contribution in [3.05, 3.63) is 28.1 Å². The average Bonchev–Trinajstić information content (AvgIpc) is 2.84. The zero-order chi connectivity index (χ0) is 27.8. The summed E-state index contributed by atoms with van der Waals surface area (Å²) in [7, 11) is 3.03. The summed E-state index contributed by atoms with van der Waals surface area (Å²) in [6, 6.07) is -1.19. The quantitative estimate of drug-likeness (QED) is 0.448. The van der Waals surface area contributed by atoms with Gasteiger partial charge in [-0.05, 0) is 52.2 Å². The van der Waals surface area contributed by atoms with Gasteiger partial charge in [-0.2, -0.15) is 0 Å². The van der Waals surface area contributed by atoms with Gasteiger partial charge in [-0.25, -0.2) is 4.39 Å². The fourth-order valence-corrected chi connectivity index (χ4v) is 7.31. The van der Waals surface area contributed by atoms with Crippen LogP contribution in [0.4, 0.5) is 4.39 Å². The number of phenols is 1. The van der Waals surface area contributed by atoms with Crippen molar-refractivity contribution in [2.45, 2.75) is 50.8 Å². The fourth-order valence-electron chi connectivity index (χ4n) is 7.31. The molecule has 5 rings (SSSR count). The monoisotopic (exact) mass is 529 g/mol. The highest BCUT2D eigenvalue weighted by atomic mass is 19.1. The van der Waals surface area contributed by atoms with E-state index >= 15 is 4.39 Å². The van der Waals surface area contributed by atoms with Crippen LogP contribution < -0.4 is 5.73 Å². The van der Waals surface area contributed by atoms with Crippen molar-refractivity contribution in [2.24, 2.45) is 29.4 Å². The molecule has 204 valence electrons. The number of rotatable bonds is 4. The van der Waals surface area contributed by atoms with Crippen molar-refractivity contribution in [3.63, 3.8) is 0 Å². The van der Waals surface area contributed by atoms with E-state index in [2.05, 4.69) is 4.90 Å². The van der Waals surface area contributed by atoms with Crippen molar-refractivity contribution in [1.29, 1.82) is 0 Å². The van der Waals surface area contributed by atoms with Crippen LogP contribution in [0.25, 0.3) is 0 Å². The van der Waals surface area contributed by atoms with Gasteiger partial charge in [0.15, 0.2) is 34.7 Å². The first kappa shape index (κ1) is 26.6. The number of amides is 1. The molecule has 1 aromatic carbocycles. The fraction of sp³-hybridized carbons (Fsp3) is 0.593. The van der Waals surface area contributed by atoms with E-state index in [9.17, 15) is 34.2 Å². The Bertz CT molecular complexity index is 1290. The zero-order valence-electron chi connectivity index (χ0n) is 21.6. The first-order valence-electron chi connectivity index (χ1n) is 13.0. The Kier molecular flexibility index (Phi) is 6.32. The molecule has 1 aliphatic heterocycles. The average molecular weight is 530 g/mol. The van der Waals surface area contributed by atoms with Crippen molar-refractivity contribution in [3.8, 4) is 5.75 Å². The van der Waals surface area contributed by atoms with Crippen LogP contribution in [-0.4, -0.2) is 87.9 Å². The largest absolute Gasteiger partial charge is 0.507 e. The van der Waals surface area contributed by atoms with Crippen LogP contribution in [0.3, 0.4) is 0 Å². The maximum atomic E-state index is 15.9. The second-order valence-corrected chi connectivity index (χ2v) is 11.3. The highest BCUT2D eigenvalue weighted by Crippen LogP contribution is 2.52. The summed E-state index contributed by atoms with van der Waals surface area (Å²) in [6.07, 6.45) is 1.02. The molecule has 4 aliphatic rings. The van der Waals surface area contributed by atoms with Gasteiger partial charge >= 0.3 is 0 Å². The predicted octanol–water partition coefficient (Wildman–Crippen LogP) is -0.226. The van der Waals surface area contributed by atoms with Gasteiger partial charge in [-0.15, -0.1) is 0 Å². The number of Topliss-reactive ketones (excluding diaryl/α,β-unsaturated/α-hetero) is 4. The predicted molar refractivity (Wildman–Crippen MR) is 131 cm³/mol. The van der Waals surface area contributed by atoms with Gasteiger partial charge in [0.2, 0.25) is 5.91 Å². The van der Waals surface area contributed by atoms with Gasteiger partial charge in [0.25, 0.3) is 0 Å². The normalized spacial score (nSPS) is 33.1. The first-order chi connectivity index (χ1) is 17.9. The topological polar surface area (TPSA) is 158 Å².